The highest BCUT2D eigenvalue weighted by Gasteiger charge is 2.04. The van der Waals surface area contributed by atoms with Crippen LogP contribution in [0.25, 0.3) is 0 Å². The number of ether oxygens (including phenoxy) is 1. The van der Waals surface area contributed by atoms with Gasteiger partial charge in [0.15, 0.2) is 5.82 Å². The van der Waals surface area contributed by atoms with Crippen molar-refractivity contribution < 1.29 is 9.13 Å². The van der Waals surface area contributed by atoms with Gasteiger partial charge in [-0.25, -0.2) is 20.2 Å². The van der Waals surface area contributed by atoms with Crippen LogP contribution in [0, 0.1) is 5.82 Å². The van der Waals surface area contributed by atoms with Gasteiger partial charge in [0.25, 0.3) is 0 Å². The van der Waals surface area contributed by atoms with Crippen LogP contribution < -0.4 is 16.6 Å². The fraction of sp³-hybridized carbons (Fsp3) is 0.167. The van der Waals surface area contributed by atoms with E-state index in [4.69, 9.17) is 10.6 Å². The number of nitrogen functional groups attached to an aromatic ring is 1. The van der Waals surface area contributed by atoms with Crippen LogP contribution in [0.15, 0.2) is 30.3 Å². The summed E-state index contributed by atoms with van der Waals surface area (Å²) < 4.78 is 18.1. The molecule has 0 saturated heterocycles. The minimum absolute atomic E-state index is 0.257. The number of benzene rings is 1. The van der Waals surface area contributed by atoms with Gasteiger partial charge in [-0.3, -0.25) is 0 Å². The molecule has 2 rings (SSSR count). The fourth-order valence-corrected chi connectivity index (χ4v) is 1.54. The van der Waals surface area contributed by atoms with E-state index in [0.717, 1.165) is 0 Å². The maximum absolute atomic E-state index is 13.1. The molecule has 0 aliphatic carbocycles. The molecule has 0 atom stereocenters. The van der Waals surface area contributed by atoms with Crippen molar-refractivity contribution in [1.29, 1.82) is 0 Å². The summed E-state index contributed by atoms with van der Waals surface area (Å²) in [7, 11) is 1.55. The van der Waals surface area contributed by atoms with Crippen molar-refractivity contribution >= 4 is 17.3 Å². The number of anilines is 3. The maximum atomic E-state index is 13.1. The lowest BCUT2D eigenvalue weighted by atomic mass is 10.3. The van der Waals surface area contributed by atoms with Crippen LogP contribution in [0.5, 0.6) is 0 Å². The summed E-state index contributed by atoms with van der Waals surface area (Å²) in [5.74, 6) is 6.42. The topological polar surface area (TPSA) is 85.1 Å². The van der Waals surface area contributed by atoms with Crippen molar-refractivity contribution in [1.82, 2.24) is 9.97 Å². The molecule has 0 unspecified atom stereocenters. The zero-order valence-corrected chi connectivity index (χ0v) is 10.4. The van der Waals surface area contributed by atoms with Gasteiger partial charge in [0.2, 0.25) is 0 Å². The number of methoxy groups -OCH3 is 1. The van der Waals surface area contributed by atoms with E-state index in [1.165, 1.54) is 12.1 Å². The molecule has 7 heteroatoms. The minimum Gasteiger partial charge on any atom is -0.377 e. The van der Waals surface area contributed by atoms with E-state index in [1.54, 1.807) is 25.3 Å². The summed E-state index contributed by atoms with van der Waals surface area (Å²) in [6.07, 6.45) is 0. The first-order valence-electron chi connectivity index (χ1n) is 5.57. The molecule has 0 aliphatic heterocycles. The van der Waals surface area contributed by atoms with Gasteiger partial charge in [-0.2, -0.15) is 0 Å². The van der Waals surface area contributed by atoms with E-state index in [1.807, 2.05) is 0 Å². The Labute approximate surface area is 109 Å². The predicted octanol–water partition coefficient (Wildman–Crippen LogP) is 1.79. The summed E-state index contributed by atoms with van der Waals surface area (Å²) in [5, 5.41) is 2.98. The largest absolute Gasteiger partial charge is 0.377 e. The Morgan fingerprint density at radius 3 is 2.74 bits per heavy atom. The van der Waals surface area contributed by atoms with Gasteiger partial charge in [-0.1, -0.05) is 6.07 Å². The second-order valence-electron chi connectivity index (χ2n) is 3.77. The third kappa shape index (κ3) is 3.60. The lowest BCUT2D eigenvalue weighted by Crippen LogP contribution is -2.11. The fourth-order valence-electron chi connectivity index (χ4n) is 1.54. The van der Waals surface area contributed by atoms with Gasteiger partial charge in [0.1, 0.15) is 24.1 Å². The van der Waals surface area contributed by atoms with Gasteiger partial charge in [-0.05, 0) is 18.2 Å². The van der Waals surface area contributed by atoms with Crippen LogP contribution in [0.3, 0.4) is 0 Å². The number of nitrogens with one attached hydrogen (secondary N) is 2. The predicted molar refractivity (Wildman–Crippen MR) is 70.2 cm³/mol. The Bertz CT molecular complexity index is 564. The molecule has 19 heavy (non-hydrogen) atoms. The first kappa shape index (κ1) is 13.2. The number of rotatable bonds is 5. The van der Waals surface area contributed by atoms with E-state index in [0.29, 0.717) is 23.1 Å². The standard InChI is InChI=1S/C12H14FN5O/c1-19-7-12-16-10(6-11(17-12)18-14)15-9-4-2-3-8(13)5-9/h2-6H,7,14H2,1H3,(H2,15,16,17,18). The summed E-state index contributed by atoms with van der Waals surface area (Å²) in [4.78, 5) is 8.35. The van der Waals surface area contributed by atoms with E-state index < -0.39 is 0 Å². The van der Waals surface area contributed by atoms with Crippen molar-refractivity contribution in [2.75, 3.05) is 17.9 Å². The normalized spacial score (nSPS) is 10.3. The molecule has 0 radical (unpaired) electrons. The number of hydrazine groups is 1. The van der Waals surface area contributed by atoms with E-state index in [-0.39, 0.29) is 12.4 Å². The second-order valence-corrected chi connectivity index (χ2v) is 3.77. The molecule has 1 aromatic heterocycles. The maximum Gasteiger partial charge on any atom is 0.158 e. The monoisotopic (exact) mass is 263 g/mol. The Morgan fingerprint density at radius 1 is 1.26 bits per heavy atom. The highest BCUT2D eigenvalue weighted by atomic mass is 19.1. The molecular formula is C12H14FN5O. The van der Waals surface area contributed by atoms with Crippen LogP contribution in [-0.4, -0.2) is 17.1 Å². The van der Waals surface area contributed by atoms with Crippen molar-refractivity contribution in [2.45, 2.75) is 6.61 Å². The average molecular weight is 263 g/mol. The van der Waals surface area contributed by atoms with Crippen molar-refractivity contribution in [3.8, 4) is 0 Å². The molecule has 0 saturated carbocycles. The first-order valence-corrected chi connectivity index (χ1v) is 5.57. The lowest BCUT2D eigenvalue weighted by Gasteiger charge is -2.09. The zero-order chi connectivity index (χ0) is 13.7. The summed E-state index contributed by atoms with van der Waals surface area (Å²) in [6.45, 7) is 0.257. The number of aromatic nitrogens is 2. The second kappa shape index (κ2) is 6.07. The van der Waals surface area contributed by atoms with Crippen LogP contribution in [0.4, 0.5) is 21.7 Å². The van der Waals surface area contributed by atoms with Gasteiger partial charge < -0.3 is 15.5 Å². The van der Waals surface area contributed by atoms with Crippen LogP contribution >= 0.6 is 0 Å². The van der Waals surface area contributed by atoms with Gasteiger partial charge >= 0.3 is 0 Å². The number of nitrogens with zero attached hydrogens (tertiary/aromatic N) is 2. The first-order chi connectivity index (χ1) is 9.21. The molecule has 0 amide bonds. The Morgan fingerprint density at radius 2 is 2.05 bits per heavy atom. The molecule has 0 bridgehead atoms. The molecule has 6 nitrogen and oxygen atoms in total. The molecule has 0 fully saturated rings. The van der Waals surface area contributed by atoms with Gasteiger partial charge in [0.05, 0.1) is 0 Å². The van der Waals surface area contributed by atoms with Gasteiger partial charge in [-0.15, -0.1) is 0 Å². The van der Waals surface area contributed by atoms with E-state index in [2.05, 4.69) is 20.7 Å². The molecule has 0 spiro atoms. The molecular weight excluding hydrogens is 249 g/mol. The van der Waals surface area contributed by atoms with Crippen molar-refractivity contribution in [3.63, 3.8) is 0 Å². The molecule has 1 aromatic carbocycles. The third-order valence-corrected chi connectivity index (χ3v) is 2.29. The number of nitrogens with two attached hydrogens (primary N) is 1. The van der Waals surface area contributed by atoms with Crippen LogP contribution in [0.2, 0.25) is 0 Å². The van der Waals surface area contributed by atoms with E-state index in [9.17, 15) is 4.39 Å². The molecule has 4 N–H and O–H groups in total. The van der Waals surface area contributed by atoms with Crippen molar-refractivity contribution in [2.24, 2.45) is 5.84 Å². The smallest absolute Gasteiger partial charge is 0.158 e. The Balaban J connectivity index is 2.26. The van der Waals surface area contributed by atoms with E-state index >= 15 is 0 Å². The van der Waals surface area contributed by atoms with Gasteiger partial charge in [0, 0.05) is 18.9 Å². The average Bonchev–Trinajstić information content (AvgIpc) is 2.39. The highest BCUT2D eigenvalue weighted by Crippen LogP contribution is 2.18. The van der Waals surface area contributed by atoms with Crippen LogP contribution in [0.1, 0.15) is 5.82 Å². The summed E-state index contributed by atoms with van der Waals surface area (Å²) >= 11 is 0. The molecule has 1 heterocycles. The third-order valence-electron chi connectivity index (χ3n) is 2.29. The Hall–Kier alpha value is -2.25. The minimum atomic E-state index is -0.326. The SMILES string of the molecule is COCc1nc(NN)cc(Nc2cccc(F)c2)n1. The zero-order valence-electron chi connectivity index (χ0n) is 10.4. The summed E-state index contributed by atoms with van der Waals surface area (Å²) in [5.41, 5.74) is 3.03. The summed E-state index contributed by atoms with van der Waals surface area (Å²) in [6, 6.07) is 7.69. The van der Waals surface area contributed by atoms with Crippen LogP contribution in [-0.2, 0) is 11.3 Å². The van der Waals surface area contributed by atoms with Crippen molar-refractivity contribution in [3.05, 3.63) is 42.0 Å². The quantitative estimate of drug-likeness (QED) is 0.563. The molecule has 100 valence electrons. The molecule has 0 aliphatic rings. The Kier molecular flexibility index (Phi) is 4.22. The number of hydrogen-bond acceptors (Lipinski definition) is 6. The lowest BCUT2D eigenvalue weighted by molar-refractivity contribution is 0.178. The molecule has 2 aromatic rings. The number of halogens is 1. The highest BCUT2D eigenvalue weighted by molar-refractivity contribution is 5.58. The number of hydrogen-bond donors (Lipinski definition) is 3.